The maximum absolute atomic E-state index is 13.0. The number of hydrogen-bond donors (Lipinski definition) is 1. The van der Waals surface area contributed by atoms with Crippen LogP contribution in [-0.4, -0.2) is 35.1 Å². The van der Waals surface area contributed by atoms with Crippen molar-refractivity contribution in [2.45, 2.75) is 44.2 Å². The van der Waals surface area contributed by atoms with E-state index in [1.54, 1.807) is 35.7 Å². The number of carbonyl (C=O) groups is 2. The summed E-state index contributed by atoms with van der Waals surface area (Å²) in [6.45, 7) is 4.58. The highest BCUT2D eigenvalue weighted by molar-refractivity contribution is 7.99. The van der Waals surface area contributed by atoms with Gasteiger partial charge in [-0.1, -0.05) is 47.8 Å². The molecular formula is C22H25Cl3N2O2S. The van der Waals surface area contributed by atoms with Gasteiger partial charge in [-0.3, -0.25) is 9.59 Å². The monoisotopic (exact) mass is 486 g/mol. The van der Waals surface area contributed by atoms with Gasteiger partial charge in [0.15, 0.2) is 0 Å². The van der Waals surface area contributed by atoms with Crippen LogP contribution in [0.5, 0.6) is 0 Å². The maximum atomic E-state index is 13.0. The molecule has 0 saturated carbocycles. The lowest BCUT2D eigenvalue weighted by Gasteiger charge is -2.29. The summed E-state index contributed by atoms with van der Waals surface area (Å²) in [5, 5.41) is 4.41. The third-order valence-corrected chi connectivity index (χ3v) is 6.46. The van der Waals surface area contributed by atoms with Crippen LogP contribution in [0.2, 0.25) is 15.1 Å². The molecule has 0 aliphatic rings. The van der Waals surface area contributed by atoms with E-state index in [-0.39, 0.29) is 18.4 Å². The minimum Gasteiger partial charge on any atom is -0.354 e. The highest BCUT2D eigenvalue weighted by Gasteiger charge is 2.25. The molecule has 2 rings (SSSR count). The fourth-order valence-corrected chi connectivity index (χ4v) is 4.03. The smallest absolute Gasteiger partial charge is 0.242 e. The van der Waals surface area contributed by atoms with Crippen LogP contribution in [0.15, 0.2) is 47.4 Å². The van der Waals surface area contributed by atoms with E-state index in [2.05, 4.69) is 5.32 Å². The zero-order valence-electron chi connectivity index (χ0n) is 17.0. The molecule has 4 nitrogen and oxygen atoms in total. The van der Waals surface area contributed by atoms with Gasteiger partial charge in [-0.25, -0.2) is 0 Å². The zero-order valence-corrected chi connectivity index (χ0v) is 20.0. The number of thioether (sulfide) groups is 1. The van der Waals surface area contributed by atoms with Crippen molar-refractivity contribution in [1.82, 2.24) is 10.2 Å². The Hall–Kier alpha value is -1.40. The third kappa shape index (κ3) is 7.69. The van der Waals surface area contributed by atoms with Gasteiger partial charge in [0, 0.05) is 35.2 Å². The van der Waals surface area contributed by atoms with Gasteiger partial charge in [0.2, 0.25) is 11.8 Å². The van der Waals surface area contributed by atoms with E-state index in [9.17, 15) is 9.59 Å². The van der Waals surface area contributed by atoms with Crippen LogP contribution in [0.1, 0.15) is 32.3 Å². The van der Waals surface area contributed by atoms with Crippen molar-refractivity contribution >= 4 is 58.4 Å². The van der Waals surface area contributed by atoms with E-state index < -0.39 is 6.04 Å². The number of carbonyl (C=O) groups excluding carboxylic acids is 2. The Bertz CT molecular complexity index is 862. The molecule has 0 unspecified atom stereocenters. The van der Waals surface area contributed by atoms with Gasteiger partial charge in [0.1, 0.15) is 6.04 Å². The van der Waals surface area contributed by atoms with Crippen LogP contribution >= 0.6 is 46.6 Å². The molecule has 0 bridgehead atoms. The minimum absolute atomic E-state index is 0.0957. The summed E-state index contributed by atoms with van der Waals surface area (Å²) in [5.41, 5.74) is 0.818. The first-order valence-electron chi connectivity index (χ1n) is 9.71. The number of nitrogens with one attached hydrogen (secondary N) is 1. The molecule has 2 amide bonds. The van der Waals surface area contributed by atoms with Gasteiger partial charge in [0.05, 0.1) is 10.0 Å². The SMILES string of the molecule is CCCNC(=O)[C@@H](C)N(Cc1ccc(Cl)c(Cl)c1)C(=O)CCSc1ccc(Cl)cc1. The molecule has 0 fully saturated rings. The van der Waals surface area contributed by atoms with Gasteiger partial charge in [0.25, 0.3) is 0 Å². The Morgan fingerprint density at radius 2 is 1.77 bits per heavy atom. The number of hydrogen-bond acceptors (Lipinski definition) is 3. The lowest BCUT2D eigenvalue weighted by atomic mass is 10.1. The average Bonchev–Trinajstić information content (AvgIpc) is 2.73. The molecule has 30 heavy (non-hydrogen) atoms. The predicted molar refractivity (Wildman–Crippen MR) is 127 cm³/mol. The number of nitrogens with zero attached hydrogens (tertiary/aromatic N) is 1. The number of amides is 2. The molecule has 0 aliphatic heterocycles. The molecule has 0 radical (unpaired) electrons. The van der Waals surface area contributed by atoms with E-state index in [0.717, 1.165) is 16.9 Å². The first-order chi connectivity index (χ1) is 14.3. The summed E-state index contributed by atoms with van der Waals surface area (Å²) in [6.07, 6.45) is 1.14. The molecule has 2 aromatic rings. The molecule has 0 aromatic heterocycles. The molecule has 8 heteroatoms. The second-order valence-electron chi connectivity index (χ2n) is 6.79. The van der Waals surface area contributed by atoms with Crippen LogP contribution in [0, 0.1) is 0 Å². The molecular weight excluding hydrogens is 463 g/mol. The van der Waals surface area contributed by atoms with Crippen molar-refractivity contribution in [3.8, 4) is 0 Å². The Morgan fingerprint density at radius 1 is 1.07 bits per heavy atom. The highest BCUT2D eigenvalue weighted by atomic mass is 35.5. The van der Waals surface area contributed by atoms with Crippen molar-refractivity contribution in [3.05, 3.63) is 63.1 Å². The molecule has 0 heterocycles. The summed E-state index contributed by atoms with van der Waals surface area (Å²) in [6, 6.07) is 12.1. The van der Waals surface area contributed by atoms with Crippen molar-refractivity contribution in [1.29, 1.82) is 0 Å². The Balaban J connectivity index is 2.07. The third-order valence-electron chi connectivity index (χ3n) is 4.45. The molecule has 1 N–H and O–H groups in total. The van der Waals surface area contributed by atoms with Crippen LogP contribution in [0.4, 0.5) is 0 Å². The van der Waals surface area contributed by atoms with Gasteiger partial charge < -0.3 is 10.2 Å². The van der Waals surface area contributed by atoms with Crippen molar-refractivity contribution in [3.63, 3.8) is 0 Å². The highest BCUT2D eigenvalue weighted by Crippen LogP contribution is 2.25. The summed E-state index contributed by atoms with van der Waals surface area (Å²) in [4.78, 5) is 28.2. The Kier molecular flexibility index (Phi) is 10.3. The summed E-state index contributed by atoms with van der Waals surface area (Å²) < 4.78 is 0. The second kappa shape index (κ2) is 12.5. The zero-order chi connectivity index (χ0) is 22.1. The Morgan fingerprint density at radius 3 is 2.40 bits per heavy atom. The molecule has 0 spiro atoms. The first kappa shape index (κ1) is 24.9. The van der Waals surface area contributed by atoms with E-state index in [4.69, 9.17) is 34.8 Å². The number of rotatable bonds is 10. The van der Waals surface area contributed by atoms with Crippen molar-refractivity contribution in [2.24, 2.45) is 0 Å². The van der Waals surface area contributed by atoms with Gasteiger partial charge >= 0.3 is 0 Å². The fourth-order valence-electron chi connectivity index (χ4n) is 2.74. The van der Waals surface area contributed by atoms with Crippen LogP contribution in [0.3, 0.4) is 0 Å². The van der Waals surface area contributed by atoms with Crippen molar-refractivity contribution < 1.29 is 9.59 Å². The lowest BCUT2D eigenvalue weighted by Crippen LogP contribution is -2.47. The summed E-state index contributed by atoms with van der Waals surface area (Å²) in [7, 11) is 0. The van der Waals surface area contributed by atoms with E-state index in [1.165, 1.54) is 0 Å². The summed E-state index contributed by atoms with van der Waals surface area (Å²) >= 11 is 19.6. The van der Waals surface area contributed by atoms with Gasteiger partial charge in [-0.05, 0) is 55.3 Å². The molecule has 2 aromatic carbocycles. The maximum Gasteiger partial charge on any atom is 0.242 e. The van der Waals surface area contributed by atoms with E-state index >= 15 is 0 Å². The topological polar surface area (TPSA) is 49.4 Å². The normalized spacial score (nSPS) is 11.8. The fraction of sp³-hybridized carbons (Fsp3) is 0.364. The largest absolute Gasteiger partial charge is 0.354 e. The number of halogens is 3. The van der Waals surface area contributed by atoms with Gasteiger partial charge in [-0.15, -0.1) is 11.8 Å². The lowest BCUT2D eigenvalue weighted by molar-refractivity contribution is -0.140. The average molecular weight is 488 g/mol. The van der Waals surface area contributed by atoms with Crippen molar-refractivity contribution in [2.75, 3.05) is 12.3 Å². The predicted octanol–water partition coefficient (Wildman–Crippen LogP) is 6.07. The molecule has 0 saturated heterocycles. The molecule has 1 atom stereocenters. The Labute approximate surface area is 197 Å². The van der Waals surface area contributed by atoms with E-state index in [1.807, 2.05) is 37.3 Å². The number of benzene rings is 2. The minimum atomic E-state index is -0.598. The first-order valence-corrected chi connectivity index (χ1v) is 11.8. The molecule has 0 aliphatic carbocycles. The summed E-state index contributed by atoms with van der Waals surface area (Å²) in [5.74, 6) is 0.332. The molecule has 162 valence electrons. The van der Waals surface area contributed by atoms with E-state index in [0.29, 0.717) is 33.8 Å². The van der Waals surface area contributed by atoms with Crippen LogP contribution in [-0.2, 0) is 16.1 Å². The standard InChI is InChI=1S/C22H25Cl3N2O2S/c1-3-11-26-22(29)15(2)27(14-16-4-9-19(24)20(25)13-16)21(28)10-12-30-18-7-5-17(23)6-8-18/h4-9,13,15H,3,10-12,14H2,1-2H3,(H,26,29)/t15-/m1/s1. The van der Waals surface area contributed by atoms with Crippen LogP contribution < -0.4 is 5.32 Å². The van der Waals surface area contributed by atoms with Crippen LogP contribution in [0.25, 0.3) is 0 Å². The van der Waals surface area contributed by atoms with Gasteiger partial charge in [-0.2, -0.15) is 0 Å². The quantitative estimate of drug-likeness (QED) is 0.414. The second-order valence-corrected chi connectivity index (χ2v) is 9.21.